The highest BCUT2D eigenvalue weighted by Gasteiger charge is 2.21. The Hall–Kier alpha value is -2.85. The summed E-state index contributed by atoms with van der Waals surface area (Å²) in [6.45, 7) is 2.00. The minimum Gasteiger partial charge on any atom is -0.325 e. The van der Waals surface area contributed by atoms with Crippen LogP contribution in [0.25, 0.3) is 0 Å². The first-order valence-corrected chi connectivity index (χ1v) is 12.0. The lowest BCUT2D eigenvalue weighted by Crippen LogP contribution is -2.30. The van der Waals surface area contributed by atoms with E-state index in [0.29, 0.717) is 16.7 Å². The number of carbonyl (C=O) groups excluding carboxylic acids is 1. The largest absolute Gasteiger partial charge is 0.325 e. The highest BCUT2D eigenvalue weighted by molar-refractivity contribution is 7.99. The Balaban J connectivity index is 1.67. The van der Waals surface area contributed by atoms with Crippen LogP contribution in [-0.2, 0) is 28.4 Å². The SMILES string of the molecule is Cc1cccc(NC(=O)CSc2nnc(CN(c3ccccc3)S(C)(=O)=O)n2C)c1. The molecule has 30 heavy (non-hydrogen) atoms. The van der Waals surface area contributed by atoms with Gasteiger partial charge in [-0.1, -0.05) is 42.1 Å². The van der Waals surface area contributed by atoms with Gasteiger partial charge in [-0.3, -0.25) is 9.10 Å². The lowest BCUT2D eigenvalue weighted by molar-refractivity contribution is -0.113. The molecule has 3 rings (SSSR count). The Labute approximate surface area is 180 Å². The third kappa shape index (κ3) is 5.61. The Morgan fingerprint density at radius 1 is 1.13 bits per heavy atom. The second-order valence-corrected chi connectivity index (χ2v) is 9.62. The van der Waals surface area contributed by atoms with Crippen molar-refractivity contribution in [3.63, 3.8) is 0 Å². The number of thioether (sulfide) groups is 1. The summed E-state index contributed by atoms with van der Waals surface area (Å²) >= 11 is 1.24. The molecule has 1 aromatic heterocycles. The Morgan fingerprint density at radius 3 is 2.53 bits per heavy atom. The molecule has 0 aliphatic carbocycles. The predicted molar refractivity (Wildman–Crippen MR) is 119 cm³/mol. The van der Waals surface area contributed by atoms with Crippen LogP contribution in [0.2, 0.25) is 0 Å². The first-order valence-electron chi connectivity index (χ1n) is 9.14. The Morgan fingerprint density at radius 2 is 1.87 bits per heavy atom. The van der Waals surface area contributed by atoms with E-state index in [4.69, 9.17) is 0 Å². The number of carbonyl (C=O) groups is 1. The highest BCUT2D eigenvalue weighted by atomic mass is 32.2. The predicted octanol–water partition coefficient (Wildman–Crippen LogP) is 2.82. The summed E-state index contributed by atoms with van der Waals surface area (Å²) in [6, 6.07) is 16.4. The third-order valence-corrected chi connectivity index (χ3v) is 6.45. The van der Waals surface area contributed by atoms with Gasteiger partial charge >= 0.3 is 0 Å². The molecule has 0 unspecified atom stereocenters. The van der Waals surface area contributed by atoms with Crippen LogP contribution >= 0.6 is 11.8 Å². The average Bonchev–Trinajstić information content (AvgIpc) is 3.04. The fourth-order valence-corrected chi connectivity index (χ4v) is 4.37. The quantitative estimate of drug-likeness (QED) is 0.536. The van der Waals surface area contributed by atoms with E-state index in [2.05, 4.69) is 15.5 Å². The molecule has 8 nitrogen and oxygen atoms in total. The zero-order valence-corrected chi connectivity index (χ0v) is 18.6. The number of hydrogen-bond acceptors (Lipinski definition) is 6. The van der Waals surface area contributed by atoms with Gasteiger partial charge in [0, 0.05) is 12.7 Å². The molecule has 10 heteroatoms. The summed E-state index contributed by atoms with van der Waals surface area (Å²) in [5.74, 6) is 0.483. The van der Waals surface area contributed by atoms with Crippen molar-refractivity contribution < 1.29 is 13.2 Å². The molecular weight excluding hydrogens is 422 g/mol. The molecule has 0 saturated carbocycles. The van der Waals surface area contributed by atoms with Crippen molar-refractivity contribution in [2.24, 2.45) is 7.05 Å². The number of benzene rings is 2. The van der Waals surface area contributed by atoms with Crippen molar-refractivity contribution in [3.8, 4) is 0 Å². The number of anilines is 2. The van der Waals surface area contributed by atoms with Crippen molar-refractivity contribution >= 4 is 39.1 Å². The first kappa shape index (κ1) is 21.8. The molecule has 0 atom stereocenters. The van der Waals surface area contributed by atoms with E-state index in [1.807, 2.05) is 37.3 Å². The summed E-state index contributed by atoms with van der Waals surface area (Å²) in [5.41, 5.74) is 2.35. The van der Waals surface area contributed by atoms with Gasteiger partial charge in [0.05, 0.1) is 24.2 Å². The van der Waals surface area contributed by atoms with Gasteiger partial charge in [-0.15, -0.1) is 10.2 Å². The van der Waals surface area contributed by atoms with Crippen LogP contribution in [-0.4, -0.2) is 41.1 Å². The van der Waals surface area contributed by atoms with Crippen molar-refractivity contribution in [1.29, 1.82) is 0 Å². The monoisotopic (exact) mass is 445 g/mol. The van der Waals surface area contributed by atoms with Crippen LogP contribution in [0.5, 0.6) is 0 Å². The second kappa shape index (κ2) is 9.31. The number of para-hydroxylation sites is 1. The molecule has 0 bridgehead atoms. The van der Waals surface area contributed by atoms with E-state index in [1.165, 1.54) is 16.1 Å². The van der Waals surface area contributed by atoms with Gasteiger partial charge in [-0.2, -0.15) is 0 Å². The number of nitrogens with zero attached hydrogens (tertiary/aromatic N) is 4. The van der Waals surface area contributed by atoms with Gasteiger partial charge in [0.2, 0.25) is 15.9 Å². The lowest BCUT2D eigenvalue weighted by atomic mass is 10.2. The average molecular weight is 446 g/mol. The van der Waals surface area contributed by atoms with E-state index in [-0.39, 0.29) is 18.2 Å². The fourth-order valence-electron chi connectivity index (χ4n) is 2.78. The number of rotatable bonds is 8. The molecule has 158 valence electrons. The molecule has 1 N–H and O–H groups in total. The van der Waals surface area contributed by atoms with Crippen LogP contribution < -0.4 is 9.62 Å². The summed E-state index contributed by atoms with van der Waals surface area (Å²) in [7, 11) is -1.75. The molecule has 3 aromatic rings. The minimum atomic E-state index is -3.51. The van der Waals surface area contributed by atoms with E-state index in [9.17, 15) is 13.2 Å². The molecule has 0 fully saturated rings. The number of hydrogen-bond donors (Lipinski definition) is 1. The summed E-state index contributed by atoms with van der Waals surface area (Å²) in [6.07, 6.45) is 1.15. The number of amides is 1. The lowest BCUT2D eigenvalue weighted by Gasteiger charge is -2.21. The van der Waals surface area contributed by atoms with Gasteiger partial charge in [0.15, 0.2) is 11.0 Å². The number of aryl methyl sites for hydroxylation is 1. The maximum atomic E-state index is 12.3. The molecule has 0 radical (unpaired) electrons. The number of aromatic nitrogens is 3. The molecule has 1 amide bonds. The minimum absolute atomic E-state index is 0.0440. The Bertz CT molecular complexity index is 1130. The van der Waals surface area contributed by atoms with Crippen LogP contribution in [0, 0.1) is 6.92 Å². The summed E-state index contributed by atoms with van der Waals surface area (Å²) in [5, 5.41) is 11.6. The third-order valence-electron chi connectivity index (χ3n) is 4.29. The maximum absolute atomic E-state index is 12.3. The van der Waals surface area contributed by atoms with Gasteiger partial charge in [0.1, 0.15) is 0 Å². The van der Waals surface area contributed by atoms with Gasteiger partial charge < -0.3 is 9.88 Å². The van der Waals surface area contributed by atoms with E-state index >= 15 is 0 Å². The van der Waals surface area contributed by atoms with Crippen LogP contribution in [0.4, 0.5) is 11.4 Å². The molecule has 2 aromatic carbocycles. The summed E-state index contributed by atoms with van der Waals surface area (Å²) in [4.78, 5) is 12.2. The zero-order chi connectivity index (χ0) is 21.7. The second-order valence-electron chi connectivity index (χ2n) is 6.77. The molecule has 0 aliphatic heterocycles. The molecule has 0 saturated heterocycles. The number of sulfonamides is 1. The van der Waals surface area contributed by atoms with E-state index in [0.717, 1.165) is 17.5 Å². The normalized spacial score (nSPS) is 11.3. The number of nitrogens with one attached hydrogen (secondary N) is 1. The highest BCUT2D eigenvalue weighted by Crippen LogP contribution is 2.22. The van der Waals surface area contributed by atoms with Crippen molar-refractivity contribution in [2.75, 3.05) is 21.6 Å². The molecular formula is C20H23N5O3S2. The van der Waals surface area contributed by atoms with Crippen molar-refractivity contribution in [2.45, 2.75) is 18.6 Å². The maximum Gasteiger partial charge on any atom is 0.234 e. The van der Waals surface area contributed by atoms with Crippen LogP contribution in [0.3, 0.4) is 0 Å². The molecule has 1 heterocycles. The first-order chi connectivity index (χ1) is 14.2. The topological polar surface area (TPSA) is 97.2 Å². The fraction of sp³-hybridized carbons (Fsp3) is 0.250. The van der Waals surface area contributed by atoms with E-state index in [1.54, 1.807) is 35.9 Å². The standard InChI is InChI=1S/C20H23N5O3S2/c1-15-8-7-9-16(12-15)21-19(26)14-29-20-23-22-18(24(20)2)13-25(30(3,27)28)17-10-5-4-6-11-17/h4-12H,13-14H2,1-3H3,(H,21,26). The van der Waals surface area contributed by atoms with Crippen LogP contribution in [0.1, 0.15) is 11.4 Å². The zero-order valence-electron chi connectivity index (χ0n) is 16.9. The summed E-state index contributed by atoms with van der Waals surface area (Å²) < 4.78 is 27.5. The Kier molecular flexibility index (Phi) is 6.78. The van der Waals surface area contributed by atoms with Crippen LogP contribution in [0.15, 0.2) is 59.8 Å². The van der Waals surface area contributed by atoms with Crippen molar-refractivity contribution in [3.05, 3.63) is 66.0 Å². The van der Waals surface area contributed by atoms with Crippen molar-refractivity contribution in [1.82, 2.24) is 14.8 Å². The smallest absolute Gasteiger partial charge is 0.234 e. The van der Waals surface area contributed by atoms with Gasteiger partial charge in [-0.05, 0) is 36.8 Å². The molecule has 0 aliphatic rings. The van der Waals surface area contributed by atoms with E-state index < -0.39 is 10.0 Å². The molecule has 0 spiro atoms. The van der Waals surface area contributed by atoms with Gasteiger partial charge in [0.25, 0.3) is 0 Å². The van der Waals surface area contributed by atoms with Gasteiger partial charge in [-0.25, -0.2) is 8.42 Å².